The van der Waals surface area contributed by atoms with Gasteiger partial charge in [0, 0.05) is 5.54 Å². The van der Waals surface area contributed by atoms with Crippen LogP contribution in [0, 0.1) is 11.8 Å². The van der Waals surface area contributed by atoms with E-state index in [-0.39, 0.29) is 5.54 Å². The maximum Gasteiger partial charge on any atom is 0.122 e. The number of methoxy groups -OCH3 is 1. The van der Waals surface area contributed by atoms with Gasteiger partial charge in [-0.05, 0) is 49.1 Å². The second kappa shape index (κ2) is 5.31. The van der Waals surface area contributed by atoms with Crippen molar-refractivity contribution in [1.29, 1.82) is 0 Å². The Kier molecular flexibility index (Phi) is 3.96. The molecule has 2 heteroatoms. The Hall–Kier alpha value is -1.02. The van der Waals surface area contributed by atoms with Gasteiger partial charge in [-0.25, -0.2) is 0 Å². The van der Waals surface area contributed by atoms with Gasteiger partial charge in [-0.15, -0.1) is 0 Å². The van der Waals surface area contributed by atoms with Crippen LogP contribution in [0.1, 0.15) is 38.7 Å². The smallest absolute Gasteiger partial charge is 0.122 e. The molecule has 1 saturated carbocycles. The van der Waals surface area contributed by atoms with E-state index >= 15 is 0 Å². The number of para-hydroxylation sites is 1. The summed E-state index contributed by atoms with van der Waals surface area (Å²) in [6, 6.07) is 8.24. The second-order valence-corrected chi connectivity index (χ2v) is 6.21. The largest absolute Gasteiger partial charge is 0.496 e. The monoisotopic (exact) mass is 247 g/mol. The first kappa shape index (κ1) is 13.4. The van der Waals surface area contributed by atoms with Crippen molar-refractivity contribution >= 4 is 0 Å². The van der Waals surface area contributed by atoms with Crippen LogP contribution in [0.5, 0.6) is 5.75 Å². The van der Waals surface area contributed by atoms with Gasteiger partial charge < -0.3 is 10.5 Å². The van der Waals surface area contributed by atoms with Gasteiger partial charge in [-0.2, -0.15) is 0 Å². The maximum atomic E-state index is 6.64. The van der Waals surface area contributed by atoms with Crippen molar-refractivity contribution in [3.05, 3.63) is 29.8 Å². The van der Waals surface area contributed by atoms with Gasteiger partial charge in [0.25, 0.3) is 0 Å². The van der Waals surface area contributed by atoms with E-state index in [1.807, 2.05) is 12.1 Å². The number of nitrogens with two attached hydrogens (primary N) is 1. The molecule has 2 nitrogen and oxygen atoms in total. The summed E-state index contributed by atoms with van der Waals surface area (Å²) in [6.45, 7) is 4.64. The second-order valence-electron chi connectivity index (χ2n) is 6.21. The summed E-state index contributed by atoms with van der Waals surface area (Å²) in [5.74, 6) is 2.43. The zero-order valence-corrected chi connectivity index (χ0v) is 11.8. The molecule has 1 aliphatic carbocycles. The average molecular weight is 247 g/mol. The third-order valence-corrected chi connectivity index (χ3v) is 4.05. The number of rotatable bonds is 3. The van der Waals surface area contributed by atoms with Gasteiger partial charge in [0.1, 0.15) is 5.75 Å². The molecule has 0 aliphatic heterocycles. The van der Waals surface area contributed by atoms with E-state index in [0.717, 1.165) is 36.8 Å². The van der Waals surface area contributed by atoms with Crippen LogP contribution >= 0.6 is 0 Å². The minimum Gasteiger partial charge on any atom is -0.496 e. The van der Waals surface area contributed by atoms with E-state index in [4.69, 9.17) is 10.5 Å². The summed E-state index contributed by atoms with van der Waals surface area (Å²) in [6.07, 6.45) is 4.47. The fourth-order valence-corrected chi connectivity index (χ4v) is 3.70. The Labute approximate surface area is 111 Å². The van der Waals surface area contributed by atoms with Crippen LogP contribution < -0.4 is 10.5 Å². The Bertz CT molecular complexity index is 392. The van der Waals surface area contributed by atoms with Crippen LogP contribution in [0.2, 0.25) is 0 Å². The molecule has 0 heterocycles. The first-order chi connectivity index (χ1) is 8.52. The van der Waals surface area contributed by atoms with Crippen molar-refractivity contribution < 1.29 is 4.74 Å². The summed E-state index contributed by atoms with van der Waals surface area (Å²) in [5.41, 5.74) is 7.82. The molecule has 0 radical (unpaired) electrons. The molecule has 0 bridgehead atoms. The molecule has 1 aromatic carbocycles. The molecule has 0 saturated heterocycles. The molecule has 1 fully saturated rings. The number of benzene rings is 1. The first-order valence-corrected chi connectivity index (χ1v) is 6.93. The molecule has 0 amide bonds. The van der Waals surface area contributed by atoms with Crippen molar-refractivity contribution in [1.82, 2.24) is 0 Å². The molecular formula is C16H25NO. The number of ether oxygens (including phenoxy) is 1. The Morgan fingerprint density at radius 2 is 1.83 bits per heavy atom. The lowest BCUT2D eigenvalue weighted by Gasteiger charge is -2.40. The van der Waals surface area contributed by atoms with Crippen molar-refractivity contribution in [2.24, 2.45) is 17.6 Å². The minimum absolute atomic E-state index is 0.0638. The molecule has 18 heavy (non-hydrogen) atoms. The predicted molar refractivity (Wildman–Crippen MR) is 75.8 cm³/mol. The Morgan fingerprint density at radius 3 is 2.44 bits per heavy atom. The van der Waals surface area contributed by atoms with E-state index in [0.29, 0.717) is 0 Å². The highest BCUT2D eigenvalue weighted by Crippen LogP contribution is 2.37. The third kappa shape index (κ3) is 3.05. The standard InChI is InChI=1S/C16H25NO/c1-12-8-13(2)10-16(17,9-12)11-14-6-4-5-7-15(14)18-3/h4-7,12-13H,8-11,17H2,1-3H3. The van der Waals surface area contributed by atoms with Crippen LogP contribution in [0.25, 0.3) is 0 Å². The van der Waals surface area contributed by atoms with Crippen molar-refractivity contribution in [2.75, 3.05) is 7.11 Å². The third-order valence-electron chi connectivity index (χ3n) is 4.05. The molecule has 2 rings (SSSR count). The normalized spacial score (nSPS) is 32.2. The van der Waals surface area contributed by atoms with Crippen LogP contribution in [0.3, 0.4) is 0 Å². The van der Waals surface area contributed by atoms with Gasteiger partial charge in [-0.1, -0.05) is 32.0 Å². The zero-order valence-electron chi connectivity index (χ0n) is 11.8. The van der Waals surface area contributed by atoms with E-state index in [9.17, 15) is 0 Å². The fourth-order valence-electron chi connectivity index (χ4n) is 3.70. The van der Waals surface area contributed by atoms with E-state index in [1.54, 1.807) is 7.11 Å². The molecule has 1 aromatic rings. The van der Waals surface area contributed by atoms with Crippen LogP contribution in [-0.2, 0) is 6.42 Å². The summed E-state index contributed by atoms with van der Waals surface area (Å²) in [4.78, 5) is 0. The molecule has 0 spiro atoms. The molecule has 0 aromatic heterocycles. The highest BCUT2D eigenvalue weighted by molar-refractivity contribution is 5.34. The van der Waals surface area contributed by atoms with E-state index in [2.05, 4.69) is 26.0 Å². The van der Waals surface area contributed by atoms with Gasteiger partial charge in [0.2, 0.25) is 0 Å². The molecule has 1 aliphatic rings. The van der Waals surface area contributed by atoms with Crippen LogP contribution in [0.15, 0.2) is 24.3 Å². The number of hydrogen-bond donors (Lipinski definition) is 1. The molecule has 2 unspecified atom stereocenters. The lowest BCUT2D eigenvalue weighted by molar-refractivity contribution is 0.181. The van der Waals surface area contributed by atoms with Crippen LogP contribution in [-0.4, -0.2) is 12.6 Å². The number of hydrogen-bond acceptors (Lipinski definition) is 2. The van der Waals surface area contributed by atoms with Gasteiger partial charge in [0.15, 0.2) is 0 Å². The average Bonchev–Trinajstić information content (AvgIpc) is 2.27. The Balaban J connectivity index is 2.16. The predicted octanol–water partition coefficient (Wildman–Crippen LogP) is 3.39. The summed E-state index contributed by atoms with van der Waals surface area (Å²) in [5, 5.41) is 0. The highest BCUT2D eigenvalue weighted by Gasteiger charge is 2.35. The lowest BCUT2D eigenvalue weighted by Crippen LogP contribution is -2.48. The maximum absolute atomic E-state index is 6.64. The summed E-state index contributed by atoms with van der Waals surface area (Å²) in [7, 11) is 1.73. The van der Waals surface area contributed by atoms with Crippen molar-refractivity contribution in [3.8, 4) is 5.75 Å². The van der Waals surface area contributed by atoms with E-state index < -0.39 is 0 Å². The zero-order chi connectivity index (χ0) is 13.2. The van der Waals surface area contributed by atoms with Gasteiger partial charge >= 0.3 is 0 Å². The minimum atomic E-state index is -0.0638. The van der Waals surface area contributed by atoms with Gasteiger partial charge in [-0.3, -0.25) is 0 Å². The fraction of sp³-hybridized carbons (Fsp3) is 0.625. The lowest BCUT2D eigenvalue weighted by atomic mass is 9.70. The SMILES string of the molecule is COc1ccccc1CC1(N)CC(C)CC(C)C1. The van der Waals surface area contributed by atoms with Gasteiger partial charge in [0.05, 0.1) is 7.11 Å². The van der Waals surface area contributed by atoms with Crippen LogP contribution in [0.4, 0.5) is 0 Å². The van der Waals surface area contributed by atoms with E-state index in [1.165, 1.54) is 12.0 Å². The molecule has 100 valence electrons. The molecule has 2 N–H and O–H groups in total. The quantitative estimate of drug-likeness (QED) is 0.888. The van der Waals surface area contributed by atoms with Crippen molar-refractivity contribution in [2.45, 2.75) is 45.1 Å². The topological polar surface area (TPSA) is 35.2 Å². The molecular weight excluding hydrogens is 222 g/mol. The first-order valence-electron chi connectivity index (χ1n) is 6.93. The summed E-state index contributed by atoms with van der Waals surface area (Å²) >= 11 is 0. The molecule has 2 atom stereocenters. The summed E-state index contributed by atoms with van der Waals surface area (Å²) < 4.78 is 5.43. The highest BCUT2D eigenvalue weighted by atomic mass is 16.5. The van der Waals surface area contributed by atoms with Crippen molar-refractivity contribution in [3.63, 3.8) is 0 Å². The Morgan fingerprint density at radius 1 is 1.22 bits per heavy atom.